The molecule has 6 nitrogen and oxygen atoms in total. The van der Waals surface area contributed by atoms with Crippen LogP contribution < -0.4 is 4.74 Å². The Balaban J connectivity index is 2.42. The van der Waals surface area contributed by atoms with E-state index in [9.17, 15) is 15.3 Å². The second-order valence-corrected chi connectivity index (χ2v) is 4.44. The van der Waals surface area contributed by atoms with Gasteiger partial charge in [0.1, 0.15) is 17.4 Å². The highest BCUT2D eigenvalue weighted by atomic mass is 16.5. The number of carbonyl (C=O) groups excluding carboxylic acids is 1. The van der Waals surface area contributed by atoms with E-state index < -0.39 is 11.9 Å². The Morgan fingerprint density at radius 2 is 2.00 bits per heavy atom. The number of benzene rings is 1. The van der Waals surface area contributed by atoms with Crippen molar-refractivity contribution in [2.24, 2.45) is 0 Å². The summed E-state index contributed by atoms with van der Waals surface area (Å²) in [5.74, 6) is -1.24. The van der Waals surface area contributed by atoms with Crippen molar-refractivity contribution >= 4 is 5.97 Å². The van der Waals surface area contributed by atoms with E-state index in [0.29, 0.717) is 5.75 Å². The molecule has 6 heteroatoms. The van der Waals surface area contributed by atoms with Crippen molar-refractivity contribution < 1.29 is 14.3 Å². The number of nitrogens with zero attached hydrogens (tertiary/aromatic N) is 3. The number of para-hydroxylation sites is 1. The van der Waals surface area contributed by atoms with Gasteiger partial charge in [0, 0.05) is 11.8 Å². The van der Waals surface area contributed by atoms with Gasteiger partial charge in [-0.05, 0) is 19.1 Å². The molecule has 0 fully saturated rings. The Kier molecular flexibility index (Phi) is 5.27. The summed E-state index contributed by atoms with van der Waals surface area (Å²) in [7, 11) is 0. The standard InChI is InChI=1S/C17H13N3O3/c1-2-22-17(21)14(9-19)15-10-20-11-16(13(15)8-18)23-12-6-4-3-5-7-12/h3-7,10-11,14H,2H2,1H3. The minimum Gasteiger partial charge on any atom is -0.465 e. The van der Waals surface area contributed by atoms with Crippen LogP contribution in [0.15, 0.2) is 42.7 Å². The molecule has 0 bridgehead atoms. The molecule has 1 aromatic carbocycles. The van der Waals surface area contributed by atoms with Crippen molar-refractivity contribution in [3.8, 4) is 23.6 Å². The van der Waals surface area contributed by atoms with Crippen molar-refractivity contribution in [2.75, 3.05) is 6.61 Å². The number of pyridine rings is 1. The van der Waals surface area contributed by atoms with Gasteiger partial charge >= 0.3 is 5.97 Å². The summed E-state index contributed by atoms with van der Waals surface area (Å²) in [6, 6.07) is 12.7. The number of rotatable bonds is 5. The number of hydrogen-bond acceptors (Lipinski definition) is 6. The van der Waals surface area contributed by atoms with Gasteiger partial charge in [0.15, 0.2) is 11.7 Å². The number of ether oxygens (including phenoxy) is 2. The highest BCUT2D eigenvalue weighted by molar-refractivity contribution is 5.82. The Labute approximate surface area is 133 Å². The third kappa shape index (κ3) is 3.63. The summed E-state index contributed by atoms with van der Waals surface area (Å²) < 4.78 is 10.5. The Morgan fingerprint density at radius 1 is 1.26 bits per heavy atom. The predicted molar refractivity (Wildman–Crippen MR) is 80.5 cm³/mol. The van der Waals surface area contributed by atoms with Crippen molar-refractivity contribution in [3.63, 3.8) is 0 Å². The third-order valence-electron chi connectivity index (χ3n) is 2.99. The summed E-state index contributed by atoms with van der Waals surface area (Å²) in [5, 5.41) is 18.7. The van der Waals surface area contributed by atoms with Gasteiger partial charge in [-0.2, -0.15) is 10.5 Å². The molecule has 1 unspecified atom stereocenters. The predicted octanol–water partition coefficient (Wildman–Crippen LogP) is 2.92. The van der Waals surface area contributed by atoms with Crippen LogP contribution in [0.1, 0.15) is 24.0 Å². The summed E-state index contributed by atoms with van der Waals surface area (Å²) in [6.45, 7) is 1.79. The molecule has 2 rings (SSSR count). The van der Waals surface area contributed by atoms with Crippen molar-refractivity contribution in [1.29, 1.82) is 10.5 Å². The van der Waals surface area contributed by atoms with Crippen LogP contribution >= 0.6 is 0 Å². The number of aromatic nitrogens is 1. The largest absolute Gasteiger partial charge is 0.465 e. The van der Waals surface area contributed by atoms with Crippen LogP contribution in [-0.4, -0.2) is 17.6 Å². The number of esters is 1. The van der Waals surface area contributed by atoms with Crippen LogP contribution in [0.5, 0.6) is 11.5 Å². The third-order valence-corrected chi connectivity index (χ3v) is 2.99. The monoisotopic (exact) mass is 307 g/mol. The zero-order valence-corrected chi connectivity index (χ0v) is 12.4. The zero-order chi connectivity index (χ0) is 16.7. The maximum Gasteiger partial charge on any atom is 0.328 e. The van der Waals surface area contributed by atoms with Gasteiger partial charge in [0.05, 0.1) is 18.9 Å². The quantitative estimate of drug-likeness (QED) is 0.788. The van der Waals surface area contributed by atoms with Gasteiger partial charge in [-0.3, -0.25) is 9.78 Å². The van der Waals surface area contributed by atoms with Gasteiger partial charge in [-0.1, -0.05) is 18.2 Å². The van der Waals surface area contributed by atoms with Crippen LogP contribution in [0.25, 0.3) is 0 Å². The summed E-state index contributed by atoms with van der Waals surface area (Å²) in [5.41, 5.74) is 0.255. The van der Waals surface area contributed by atoms with E-state index in [4.69, 9.17) is 9.47 Å². The first-order valence-corrected chi connectivity index (χ1v) is 6.88. The molecule has 0 radical (unpaired) electrons. The van der Waals surface area contributed by atoms with Gasteiger partial charge in [-0.25, -0.2) is 0 Å². The van der Waals surface area contributed by atoms with Crippen molar-refractivity contribution in [3.05, 3.63) is 53.9 Å². The lowest BCUT2D eigenvalue weighted by Crippen LogP contribution is -2.16. The molecular formula is C17H13N3O3. The van der Waals surface area contributed by atoms with E-state index in [1.54, 1.807) is 31.2 Å². The Hall–Kier alpha value is -3.38. The first kappa shape index (κ1) is 16.0. The molecule has 0 aliphatic heterocycles. The molecule has 1 aromatic heterocycles. The number of hydrogen-bond donors (Lipinski definition) is 0. The van der Waals surface area contributed by atoms with E-state index in [1.807, 2.05) is 18.2 Å². The van der Waals surface area contributed by atoms with Crippen molar-refractivity contribution in [2.45, 2.75) is 12.8 Å². The average molecular weight is 307 g/mol. The van der Waals surface area contributed by atoms with Crippen LogP contribution in [-0.2, 0) is 9.53 Å². The zero-order valence-electron chi connectivity index (χ0n) is 12.4. The molecule has 2 aromatic rings. The maximum atomic E-state index is 11.9. The number of nitriles is 2. The lowest BCUT2D eigenvalue weighted by atomic mass is 9.97. The fourth-order valence-corrected chi connectivity index (χ4v) is 1.96. The molecule has 0 saturated carbocycles. The van der Waals surface area contributed by atoms with Gasteiger partial charge < -0.3 is 9.47 Å². The van der Waals surface area contributed by atoms with E-state index in [2.05, 4.69) is 4.98 Å². The molecule has 0 aliphatic rings. The minimum atomic E-state index is -1.23. The summed E-state index contributed by atoms with van der Waals surface area (Å²) in [4.78, 5) is 15.9. The Bertz CT molecular complexity index is 776. The molecule has 0 aliphatic carbocycles. The molecule has 114 valence electrons. The number of carbonyl (C=O) groups is 1. The maximum absolute atomic E-state index is 11.9. The van der Waals surface area contributed by atoms with E-state index in [-0.39, 0.29) is 23.5 Å². The normalized spacial score (nSPS) is 10.9. The highest BCUT2D eigenvalue weighted by Gasteiger charge is 2.27. The lowest BCUT2D eigenvalue weighted by molar-refractivity contribution is -0.143. The molecule has 0 spiro atoms. The second kappa shape index (κ2) is 7.58. The highest BCUT2D eigenvalue weighted by Crippen LogP contribution is 2.30. The molecule has 0 N–H and O–H groups in total. The fraction of sp³-hybridized carbons (Fsp3) is 0.176. The van der Waals surface area contributed by atoms with Gasteiger partial charge in [-0.15, -0.1) is 0 Å². The molecule has 0 amide bonds. The van der Waals surface area contributed by atoms with Crippen LogP contribution in [0, 0.1) is 22.7 Å². The summed E-state index contributed by atoms with van der Waals surface area (Å²) >= 11 is 0. The second-order valence-electron chi connectivity index (χ2n) is 4.44. The minimum absolute atomic E-state index is 0.0865. The van der Waals surface area contributed by atoms with E-state index in [1.165, 1.54) is 12.4 Å². The first-order chi connectivity index (χ1) is 11.2. The van der Waals surface area contributed by atoms with E-state index >= 15 is 0 Å². The lowest BCUT2D eigenvalue weighted by Gasteiger charge is -2.13. The SMILES string of the molecule is CCOC(=O)C(C#N)c1cncc(Oc2ccccc2)c1C#N. The van der Waals surface area contributed by atoms with Gasteiger partial charge in [0.2, 0.25) is 0 Å². The smallest absolute Gasteiger partial charge is 0.328 e. The molecule has 0 saturated heterocycles. The molecule has 23 heavy (non-hydrogen) atoms. The van der Waals surface area contributed by atoms with E-state index in [0.717, 1.165) is 0 Å². The van der Waals surface area contributed by atoms with Crippen molar-refractivity contribution in [1.82, 2.24) is 4.98 Å². The molecule has 1 atom stereocenters. The van der Waals surface area contributed by atoms with Crippen LogP contribution in [0.4, 0.5) is 0 Å². The van der Waals surface area contributed by atoms with Crippen LogP contribution in [0.3, 0.4) is 0 Å². The van der Waals surface area contributed by atoms with Gasteiger partial charge in [0.25, 0.3) is 0 Å². The van der Waals surface area contributed by atoms with Crippen LogP contribution in [0.2, 0.25) is 0 Å². The average Bonchev–Trinajstić information content (AvgIpc) is 2.57. The molecular weight excluding hydrogens is 294 g/mol. The summed E-state index contributed by atoms with van der Waals surface area (Å²) in [6.07, 6.45) is 2.68. The molecule has 1 heterocycles. The Morgan fingerprint density at radius 3 is 2.61 bits per heavy atom. The topological polar surface area (TPSA) is 96.0 Å². The first-order valence-electron chi connectivity index (χ1n) is 6.88. The fourth-order valence-electron chi connectivity index (χ4n) is 1.96.